The van der Waals surface area contributed by atoms with Crippen LogP contribution in [-0.4, -0.2) is 50.0 Å². The predicted molar refractivity (Wildman–Crippen MR) is 106 cm³/mol. The fourth-order valence-electron chi connectivity index (χ4n) is 3.06. The quantitative estimate of drug-likeness (QED) is 0.482. The average Bonchev–Trinajstić information content (AvgIpc) is 3.08. The lowest BCUT2D eigenvalue weighted by atomic mass is 9.99. The maximum Gasteiger partial charge on any atom is 0.275 e. The van der Waals surface area contributed by atoms with E-state index in [-0.39, 0.29) is 27.8 Å². The second kappa shape index (κ2) is 8.32. The number of fused-ring (bicyclic) bond motifs is 1. The van der Waals surface area contributed by atoms with E-state index in [1.54, 1.807) is 0 Å². The number of aliphatic hydroxyl groups is 2. The van der Waals surface area contributed by atoms with Gasteiger partial charge in [-0.1, -0.05) is 25.4 Å². The summed E-state index contributed by atoms with van der Waals surface area (Å²) in [5, 5.41) is 25.2. The molecule has 154 valence electrons. The van der Waals surface area contributed by atoms with Crippen LogP contribution >= 0.6 is 11.6 Å². The molecule has 3 aromatic rings. The van der Waals surface area contributed by atoms with E-state index in [0.717, 1.165) is 6.07 Å². The Hall–Kier alpha value is -2.75. The van der Waals surface area contributed by atoms with Crippen LogP contribution in [0.25, 0.3) is 16.9 Å². The monoisotopic (exact) mass is 422 g/mol. The van der Waals surface area contributed by atoms with Crippen molar-refractivity contribution in [3.8, 4) is 11.4 Å². The number of hydrogen-bond donors (Lipinski definition) is 4. The molecule has 1 aromatic carbocycles. The zero-order valence-corrected chi connectivity index (χ0v) is 16.5. The Balaban J connectivity index is 2.16. The van der Waals surface area contributed by atoms with Gasteiger partial charge in [-0.15, -0.1) is 5.10 Å². The van der Waals surface area contributed by atoms with Gasteiger partial charge in [0.05, 0.1) is 29.8 Å². The third-order valence-corrected chi connectivity index (χ3v) is 4.78. The van der Waals surface area contributed by atoms with Gasteiger partial charge in [0.2, 0.25) is 0 Å². The summed E-state index contributed by atoms with van der Waals surface area (Å²) in [6.45, 7) is 2.78. The van der Waals surface area contributed by atoms with Crippen molar-refractivity contribution < 1.29 is 19.4 Å². The van der Waals surface area contributed by atoms with Gasteiger partial charge in [0.15, 0.2) is 5.82 Å². The highest BCUT2D eigenvalue weighted by Crippen LogP contribution is 2.26. The summed E-state index contributed by atoms with van der Waals surface area (Å²) in [6.07, 6.45) is 1.40. The number of halogens is 2. The van der Waals surface area contributed by atoms with Gasteiger partial charge in [0.25, 0.3) is 11.5 Å². The predicted octanol–water partition coefficient (Wildman–Crippen LogP) is 1.69. The SMILES string of the molecule is CC(C)c1c(C(=O)NC(CO)CO)cn2nc(-c3ccc(Cl)c(F)c3)[nH]c(=O)c12. The topological polar surface area (TPSA) is 120 Å². The van der Waals surface area contributed by atoms with E-state index in [4.69, 9.17) is 11.6 Å². The van der Waals surface area contributed by atoms with Gasteiger partial charge < -0.3 is 20.5 Å². The number of aromatic nitrogens is 3. The number of benzene rings is 1. The largest absolute Gasteiger partial charge is 0.394 e. The van der Waals surface area contributed by atoms with Crippen LogP contribution in [0.3, 0.4) is 0 Å². The molecule has 2 aromatic heterocycles. The molecule has 0 saturated carbocycles. The van der Waals surface area contributed by atoms with Gasteiger partial charge in [0, 0.05) is 17.3 Å². The van der Waals surface area contributed by atoms with Crippen molar-refractivity contribution in [1.82, 2.24) is 19.9 Å². The molecule has 2 heterocycles. The first kappa shape index (κ1) is 21.0. The molecule has 0 radical (unpaired) electrons. The number of hydrogen-bond acceptors (Lipinski definition) is 5. The number of H-pyrrole nitrogens is 1. The fourth-order valence-corrected chi connectivity index (χ4v) is 3.18. The van der Waals surface area contributed by atoms with Gasteiger partial charge >= 0.3 is 0 Å². The lowest BCUT2D eigenvalue weighted by Crippen LogP contribution is -2.40. The lowest BCUT2D eigenvalue weighted by molar-refractivity contribution is 0.0878. The summed E-state index contributed by atoms with van der Waals surface area (Å²) >= 11 is 5.70. The number of rotatable bonds is 6. The molecule has 0 atom stereocenters. The van der Waals surface area contributed by atoms with Crippen LogP contribution in [0.5, 0.6) is 0 Å². The van der Waals surface area contributed by atoms with Crippen LogP contribution in [0.4, 0.5) is 4.39 Å². The Labute approximate surface area is 169 Å². The van der Waals surface area contributed by atoms with Crippen molar-refractivity contribution in [3.63, 3.8) is 0 Å². The minimum atomic E-state index is -0.829. The number of nitrogens with zero attached hydrogens (tertiary/aromatic N) is 2. The first-order valence-corrected chi connectivity index (χ1v) is 9.28. The van der Waals surface area contributed by atoms with Crippen molar-refractivity contribution >= 4 is 23.0 Å². The molecule has 0 unspecified atom stereocenters. The number of amides is 1. The highest BCUT2D eigenvalue weighted by molar-refractivity contribution is 6.30. The second-order valence-electron chi connectivity index (χ2n) is 6.87. The Kier molecular flexibility index (Phi) is 6.02. The molecule has 29 heavy (non-hydrogen) atoms. The first-order chi connectivity index (χ1) is 13.8. The molecule has 8 nitrogen and oxygen atoms in total. The van der Waals surface area contributed by atoms with Crippen molar-refractivity contribution in [2.75, 3.05) is 13.2 Å². The number of carbonyl (C=O) groups is 1. The van der Waals surface area contributed by atoms with E-state index in [1.165, 1.54) is 22.8 Å². The third-order valence-electron chi connectivity index (χ3n) is 4.47. The molecule has 0 spiro atoms. The Morgan fingerprint density at radius 2 is 2.03 bits per heavy atom. The average molecular weight is 423 g/mol. The number of carbonyl (C=O) groups excluding carboxylic acids is 1. The molecule has 0 aliphatic rings. The Morgan fingerprint density at radius 1 is 1.34 bits per heavy atom. The van der Waals surface area contributed by atoms with E-state index in [1.807, 2.05) is 13.8 Å². The summed E-state index contributed by atoms with van der Waals surface area (Å²) in [4.78, 5) is 28.1. The van der Waals surface area contributed by atoms with E-state index in [9.17, 15) is 24.2 Å². The van der Waals surface area contributed by atoms with Crippen LogP contribution in [-0.2, 0) is 0 Å². The van der Waals surface area contributed by atoms with Crippen molar-refractivity contribution in [3.05, 3.63) is 56.7 Å². The third kappa shape index (κ3) is 4.02. The van der Waals surface area contributed by atoms with Gasteiger partial charge in [0.1, 0.15) is 11.3 Å². The molecule has 3 rings (SSSR count). The normalized spacial score (nSPS) is 11.6. The Bertz CT molecular complexity index is 1120. The van der Waals surface area contributed by atoms with Gasteiger partial charge in [-0.05, 0) is 24.1 Å². The molecule has 0 aliphatic heterocycles. The number of aliphatic hydroxyl groups excluding tert-OH is 2. The smallest absolute Gasteiger partial charge is 0.275 e. The van der Waals surface area contributed by atoms with E-state index < -0.39 is 36.5 Å². The molecular formula is C19H20ClFN4O4. The van der Waals surface area contributed by atoms with Crippen LogP contribution in [0, 0.1) is 5.82 Å². The van der Waals surface area contributed by atoms with Gasteiger partial charge in [-0.2, -0.15) is 0 Å². The van der Waals surface area contributed by atoms with Crippen LogP contribution < -0.4 is 10.9 Å². The summed E-state index contributed by atoms with van der Waals surface area (Å²) in [7, 11) is 0. The summed E-state index contributed by atoms with van der Waals surface area (Å²) in [5.41, 5.74) is 0.684. The molecule has 0 aliphatic carbocycles. The van der Waals surface area contributed by atoms with Crippen LogP contribution in [0.15, 0.2) is 29.2 Å². The molecule has 4 N–H and O–H groups in total. The standard InChI is InChI=1S/C19H20ClFN4O4/c1-9(2)15-12(18(28)22-11(7-26)8-27)6-25-16(15)19(29)23-17(24-25)10-3-4-13(20)14(21)5-10/h3-6,9,11,26-27H,7-8H2,1-2H3,(H,22,28)(H,23,24,29). The Morgan fingerprint density at radius 3 is 2.62 bits per heavy atom. The molecule has 0 fully saturated rings. The summed E-state index contributed by atoms with van der Waals surface area (Å²) in [6, 6.07) is 3.20. The minimum Gasteiger partial charge on any atom is -0.394 e. The van der Waals surface area contributed by atoms with Gasteiger partial charge in [-0.25, -0.2) is 8.91 Å². The van der Waals surface area contributed by atoms with Crippen molar-refractivity contribution in [1.29, 1.82) is 0 Å². The number of aromatic amines is 1. The molecule has 1 amide bonds. The van der Waals surface area contributed by atoms with E-state index in [2.05, 4.69) is 15.4 Å². The second-order valence-corrected chi connectivity index (χ2v) is 7.28. The maximum absolute atomic E-state index is 13.8. The van der Waals surface area contributed by atoms with E-state index in [0.29, 0.717) is 11.1 Å². The molecule has 10 heteroatoms. The first-order valence-electron chi connectivity index (χ1n) is 8.90. The summed E-state index contributed by atoms with van der Waals surface area (Å²) < 4.78 is 15.1. The maximum atomic E-state index is 13.8. The van der Waals surface area contributed by atoms with Gasteiger partial charge in [-0.3, -0.25) is 9.59 Å². The molecule has 0 bridgehead atoms. The highest BCUT2D eigenvalue weighted by Gasteiger charge is 2.24. The molecular weight excluding hydrogens is 403 g/mol. The van der Waals surface area contributed by atoms with Crippen LogP contribution in [0.1, 0.15) is 35.7 Å². The zero-order valence-electron chi connectivity index (χ0n) is 15.7. The van der Waals surface area contributed by atoms with Crippen molar-refractivity contribution in [2.45, 2.75) is 25.8 Å². The highest BCUT2D eigenvalue weighted by atomic mass is 35.5. The summed E-state index contributed by atoms with van der Waals surface area (Å²) in [5.74, 6) is -1.28. The number of nitrogens with one attached hydrogen (secondary N) is 2. The zero-order chi connectivity index (χ0) is 21.3. The van der Waals surface area contributed by atoms with Crippen LogP contribution in [0.2, 0.25) is 5.02 Å². The fraction of sp³-hybridized carbons (Fsp3) is 0.316. The van der Waals surface area contributed by atoms with Crippen molar-refractivity contribution in [2.24, 2.45) is 0 Å². The lowest BCUT2D eigenvalue weighted by Gasteiger charge is -2.14. The minimum absolute atomic E-state index is 0.0542. The molecule has 0 saturated heterocycles. The van der Waals surface area contributed by atoms with E-state index >= 15 is 0 Å².